The standard InChI is InChI=1S/C17H20N2O3/c1-11-8-12(10-18)2-3-13(11)16(21)19-14-9-15(20)17(14)4-6-22-7-5-17/h2-3,8,14-15,20H,4-7,9H2,1H3,(H,19,21)/t14-,15-/m1/s1. The second-order valence-electron chi connectivity index (χ2n) is 6.26. The number of aliphatic hydroxyl groups excluding tert-OH is 1. The van der Waals surface area contributed by atoms with Gasteiger partial charge in [0.1, 0.15) is 0 Å². The van der Waals surface area contributed by atoms with Crippen molar-refractivity contribution in [2.75, 3.05) is 13.2 Å². The fraction of sp³-hybridized carbons (Fsp3) is 0.529. The topological polar surface area (TPSA) is 82.4 Å². The fourth-order valence-corrected chi connectivity index (χ4v) is 3.62. The highest BCUT2D eigenvalue weighted by Crippen LogP contribution is 2.49. The Morgan fingerprint density at radius 2 is 2.18 bits per heavy atom. The molecule has 0 radical (unpaired) electrons. The van der Waals surface area contributed by atoms with Gasteiger partial charge in [0.05, 0.1) is 17.7 Å². The summed E-state index contributed by atoms with van der Waals surface area (Å²) >= 11 is 0. The quantitative estimate of drug-likeness (QED) is 0.867. The first-order valence-electron chi connectivity index (χ1n) is 7.64. The van der Waals surface area contributed by atoms with Crippen LogP contribution in [0.5, 0.6) is 0 Å². The molecule has 3 rings (SSSR count). The van der Waals surface area contributed by atoms with Gasteiger partial charge in [-0.2, -0.15) is 5.26 Å². The summed E-state index contributed by atoms with van der Waals surface area (Å²) in [5.74, 6) is -0.134. The first-order chi connectivity index (χ1) is 10.6. The molecule has 2 N–H and O–H groups in total. The molecular weight excluding hydrogens is 280 g/mol. The first-order valence-corrected chi connectivity index (χ1v) is 7.64. The molecule has 0 bridgehead atoms. The molecular formula is C17H20N2O3. The van der Waals surface area contributed by atoms with E-state index >= 15 is 0 Å². The Morgan fingerprint density at radius 1 is 1.45 bits per heavy atom. The van der Waals surface area contributed by atoms with Crippen LogP contribution in [0, 0.1) is 23.7 Å². The maximum absolute atomic E-state index is 12.5. The largest absolute Gasteiger partial charge is 0.392 e. The maximum atomic E-state index is 12.5. The monoisotopic (exact) mass is 300 g/mol. The number of aliphatic hydroxyl groups is 1. The highest BCUT2D eigenvalue weighted by atomic mass is 16.5. The van der Waals surface area contributed by atoms with Crippen LogP contribution in [0.3, 0.4) is 0 Å². The molecule has 1 aromatic carbocycles. The van der Waals surface area contributed by atoms with Crippen LogP contribution in [0.15, 0.2) is 18.2 Å². The molecule has 2 fully saturated rings. The molecule has 1 heterocycles. The zero-order chi connectivity index (χ0) is 15.7. The Morgan fingerprint density at radius 3 is 2.77 bits per heavy atom. The van der Waals surface area contributed by atoms with Crippen LogP contribution in [-0.4, -0.2) is 36.4 Å². The maximum Gasteiger partial charge on any atom is 0.251 e. The summed E-state index contributed by atoms with van der Waals surface area (Å²) in [5, 5.41) is 22.1. The summed E-state index contributed by atoms with van der Waals surface area (Å²) in [4.78, 5) is 12.5. The lowest BCUT2D eigenvalue weighted by molar-refractivity contribution is -0.145. The SMILES string of the molecule is Cc1cc(C#N)ccc1C(=O)N[C@@H]1C[C@@H](O)C12CCOCC2. The molecule has 1 aliphatic heterocycles. The van der Waals surface area contributed by atoms with Crippen molar-refractivity contribution in [1.29, 1.82) is 5.26 Å². The Kier molecular flexibility index (Phi) is 3.90. The summed E-state index contributed by atoms with van der Waals surface area (Å²) in [6.07, 6.45) is 1.81. The van der Waals surface area contributed by atoms with Crippen molar-refractivity contribution in [1.82, 2.24) is 5.32 Å². The van der Waals surface area contributed by atoms with Gasteiger partial charge in [0.2, 0.25) is 0 Å². The Labute approximate surface area is 129 Å². The third-order valence-electron chi connectivity index (χ3n) is 5.15. The molecule has 1 amide bonds. The Hall–Kier alpha value is -1.90. The van der Waals surface area contributed by atoms with Crippen molar-refractivity contribution in [3.63, 3.8) is 0 Å². The molecule has 2 atom stereocenters. The number of nitrogens with zero attached hydrogens (tertiary/aromatic N) is 1. The smallest absolute Gasteiger partial charge is 0.251 e. The van der Waals surface area contributed by atoms with Crippen molar-refractivity contribution in [2.45, 2.75) is 38.3 Å². The zero-order valence-electron chi connectivity index (χ0n) is 12.6. The molecule has 1 aliphatic carbocycles. The summed E-state index contributed by atoms with van der Waals surface area (Å²) in [6.45, 7) is 3.11. The molecule has 1 spiro atoms. The second kappa shape index (κ2) is 5.71. The normalized spacial score (nSPS) is 26.0. The number of carbonyl (C=O) groups is 1. The average molecular weight is 300 g/mol. The van der Waals surface area contributed by atoms with Crippen LogP contribution in [0.1, 0.15) is 40.7 Å². The van der Waals surface area contributed by atoms with Crippen LogP contribution in [0.25, 0.3) is 0 Å². The van der Waals surface area contributed by atoms with Crippen LogP contribution >= 0.6 is 0 Å². The van der Waals surface area contributed by atoms with E-state index in [2.05, 4.69) is 11.4 Å². The van der Waals surface area contributed by atoms with Crippen molar-refractivity contribution in [3.8, 4) is 6.07 Å². The molecule has 0 unspecified atom stereocenters. The summed E-state index contributed by atoms with van der Waals surface area (Å²) in [5.41, 5.74) is 1.70. The van der Waals surface area contributed by atoms with E-state index < -0.39 is 0 Å². The van der Waals surface area contributed by atoms with Gasteiger partial charge in [-0.1, -0.05) is 0 Å². The molecule has 5 nitrogen and oxygen atoms in total. The number of nitriles is 1. The minimum absolute atomic E-state index is 0.00561. The minimum atomic E-state index is -0.358. The van der Waals surface area contributed by atoms with Gasteiger partial charge in [-0.25, -0.2) is 0 Å². The number of aryl methyl sites for hydroxylation is 1. The molecule has 5 heteroatoms. The van der Waals surface area contributed by atoms with Gasteiger partial charge < -0.3 is 15.2 Å². The van der Waals surface area contributed by atoms with E-state index in [1.54, 1.807) is 18.2 Å². The molecule has 2 aliphatic rings. The van der Waals surface area contributed by atoms with Gasteiger partial charge in [0.15, 0.2) is 0 Å². The highest BCUT2D eigenvalue weighted by molar-refractivity contribution is 5.96. The lowest BCUT2D eigenvalue weighted by atomic mass is 9.58. The van der Waals surface area contributed by atoms with Gasteiger partial charge >= 0.3 is 0 Å². The van der Waals surface area contributed by atoms with Gasteiger partial charge in [0, 0.05) is 30.2 Å². The highest BCUT2D eigenvalue weighted by Gasteiger charge is 2.55. The van der Waals surface area contributed by atoms with E-state index in [1.165, 1.54) is 0 Å². The number of hydrogen-bond acceptors (Lipinski definition) is 4. The second-order valence-corrected chi connectivity index (χ2v) is 6.26. The van der Waals surface area contributed by atoms with Crippen molar-refractivity contribution in [2.24, 2.45) is 5.41 Å². The van der Waals surface area contributed by atoms with Crippen LogP contribution < -0.4 is 5.32 Å². The molecule has 1 saturated heterocycles. The number of amides is 1. The lowest BCUT2D eigenvalue weighted by Crippen LogP contribution is -2.65. The van der Waals surface area contributed by atoms with Gasteiger partial charge in [-0.05, 0) is 49.9 Å². The number of hydrogen-bond donors (Lipinski definition) is 2. The number of ether oxygens (including phenoxy) is 1. The number of carbonyl (C=O) groups excluding carboxylic acids is 1. The molecule has 116 valence electrons. The lowest BCUT2D eigenvalue weighted by Gasteiger charge is -2.55. The molecule has 1 aromatic rings. The minimum Gasteiger partial charge on any atom is -0.392 e. The first kappa shape index (κ1) is 15.0. The predicted octanol–water partition coefficient (Wildman–Crippen LogP) is 1.53. The molecule has 0 aromatic heterocycles. The molecule has 22 heavy (non-hydrogen) atoms. The summed E-state index contributed by atoms with van der Waals surface area (Å²) in [7, 11) is 0. The molecule has 1 saturated carbocycles. The van der Waals surface area contributed by atoms with E-state index in [1.807, 2.05) is 6.92 Å². The van der Waals surface area contributed by atoms with Crippen LogP contribution in [0.4, 0.5) is 0 Å². The summed E-state index contributed by atoms with van der Waals surface area (Å²) < 4.78 is 5.38. The Bertz CT molecular complexity index is 629. The predicted molar refractivity (Wildman–Crippen MR) is 80.3 cm³/mol. The average Bonchev–Trinajstić information content (AvgIpc) is 2.55. The zero-order valence-corrected chi connectivity index (χ0v) is 12.6. The van der Waals surface area contributed by atoms with Crippen LogP contribution in [0.2, 0.25) is 0 Å². The van der Waals surface area contributed by atoms with Crippen LogP contribution in [-0.2, 0) is 4.74 Å². The van der Waals surface area contributed by atoms with E-state index in [-0.39, 0.29) is 23.5 Å². The van der Waals surface area contributed by atoms with Crippen molar-refractivity contribution >= 4 is 5.91 Å². The number of rotatable bonds is 2. The number of benzene rings is 1. The van der Waals surface area contributed by atoms with E-state index in [9.17, 15) is 9.90 Å². The Balaban J connectivity index is 1.73. The number of nitrogens with one attached hydrogen (secondary N) is 1. The van der Waals surface area contributed by atoms with Crippen molar-refractivity contribution in [3.05, 3.63) is 34.9 Å². The van der Waals surface area contributed by atoms with E-state index in [0.29, 0.717) is 30.8 Å². The third-order valence-corrected chi connectivity index (χ3v) is 5.15. The van der Waals surface area contributed by atoms with Crippen molar-refractivity contribution < 1.29 is 14.6 Å². The van der Waals surface area contributed by atoms with E-state index in [4.69, 9.17) is 10.00 Å². The third kappa shape index (κ3) is 2.39. The summed E-state index contributed by atoms with van der Waals surface area (Å²) in [6, 6.07) is 7.13. The van der Waals surface area contributed by atoms with E-state index in [0.717, 1.165) is 18.4 Å². The van der Waals surface area contributed by atoms with Gasteiger partial charge in [-0.3, -0.25) is 4.79 Å². The fourth-order valence-electron chi connectivity index (χ4n) is 3.62. The van der Waals surface area contributed by atoms with Gasteiger partial charge in [0.25, 0.3) is 5.91 Å². The van der Waals surface area contributed by atoms with Gasteiger partial charge in [-0.15, -0.1) is 0 Å².